The molecule has 0 bridgehead atoms. The molecule has 0 aromatic carbocycles. The molecule has 0 saturated carbocycles. The lowest BCUT2D eigenvalue weighted by atomic mass is 10.1. The SMILES string of the molecule is CCCC/C=C\CCCCCCCC(=O)OC(COC(=O)CCCCCCCCCCC)COC(=O)CCCCCCCCCCC/C=C\CCCCCCCC. The van der Waals surface area contributed by atoms with Crippen LogP contribution in [0.3, 0.4) is 0 Å². The van der Waals surface area contributed by atoms with Crippen LogP contribution in [0, 0.1) is 0 Å². The van der Waals surface area contributed by atoms with Gasteiger partial charge in [0.05, 0.1) is 0 Å². The number of carbonyl (C=O) groups is 3. The van der Waals surface area contributed by atoms with Gasteiger partial charge >= 0.3 is 17.9 Å². The molecule has 0 aromatic heterocycles. The number of rotatable bonds is 45. The Morgan fingerprint density at radius 1 is 0.333 bits per heavy atom. The molecule has 0 saturated heterocycles. The second-order valence-corrected chi connectivity index (χ2v) is 16.7. The van der Waals surface area contributed by atoms with Crippen LogP contribution in [0.25, 0.3) is 0 Å². The van der Waals surface area contributed by atoms with Crippen LogP contribution in [0.15, 0.2) is 24.3 Å². The van der Waals surface area contributed by atoms with Gasteiger partial charge in [-0.2, -0.15) is 0 Å². The molecular formula is C51H94O6. The fourth-order valence-electron chi connectivity index (χ4n) is 7.12. The van der Waals surface area contributed by atoms with Crippen molar-refractivity contribution in [2.24, 2.45) is 0 Å². The van der Waals surface area contributed by atoms with Crippen molar-refractivity contribution in [1.82, 2.24) is 0 Å². The molecule has 0 fully saturated rings. The summed E-state index contributed by atoms with van der Waals surface area (Å²) in [7, 11) is 0. The third kappa shape index (κ3) is 44.8. The van der Waals surface area contributed by atoms with Gasteiger partial charge in [0.1, 0.15) is 13.2 Å². The molecule has 57 heavy (non-hydrogen) atoms. The van der Waals surface area contributed by atoms with E-state index in [0.29, 0.717) is 19.3 Å². The van der Waals surface area contributed by atoms with Crippen molar-refractivity contribution in [2.45, 2.75) is 271 Å². The maximum atomic E-state index is 12.7. The largest absolute Gasteiger partial charge is 0.462 e. The fourth-order valence-corrected chi connectivity index (χ4v) is 7.12. The quantitative estimate of drug-likeness (QED) is 0.0264. The minimum atomic E-state index is -0.769. The van der Waals surface area contributed by atoms with Crippen LogP contribution in [0.1, 0.15) is 265 Å². The molecule has 0 spiro atoms. The summed E-state index contributed by atoms with van der Waals surface area (Å²) in [4.78, 5) is 37.7. The van der Waals surface area contributed by atoms with Crippen LogP contribution in [0.5, 0.6) is 0 Å². The number of ether oxygens (including phenoxy) is 3. The van der Waals surface area contributed by atoms with Crippen molar-refractivity contribution in [2.75, 3.05) is 13.2 Å². The Morgan fingerprint density at radius 2 is 0.596 bits per heavy atom. The Balaban J connectivity index is 4.25. The van der Waals surface area contributed by atoms with E-state index in [1.54, 1.807) is 0 Å². The van der Waals surface area contributed by atoms with Gasteiger partial charge in [0, 0.05) is 19.3 Å². The van der Waals surface area contributed by atoms with E-state index in [4.69, 9.17) is 14.2 Å². The third-order valence-electron chi connectivity index (χ3n) is 10.9. The molecule has 0 aliphatic rings. The van der Waals surface area contributed by atoms with E-state index in [-0.39, 0.29) is 31.1 Å². The number of hydrogen-bond donors (Lipinski definition) is 0. The predicted molar refractivity (Wildman–Crippen MR) is 243 cm³/mol. The van der Waals surface area contributed by atoms with Gasteiger partial charge in [0.15, 0.2) is 6.10 Å². The first-order valence-electron chi connectivity index (χ1n) is 24.8. The summed E-state index contributed by atoms with van der Waals surface area (Å²) in [5, 5.41) is 0. The highest BCUT2D eigenvalue weighted by Crippen LogP contribution is 2.15. The molecule has 1 unspecified atom stereocenters. The molecule has 0 aliphatic heterocycles. The summed E-state index contributed by atoms with van der Waals surface area (Å²) in [6.07, 6.45) is 51.7. The van der Waals surface area contributed by atoms with Gasteiger partial charge < -0.3 is 14.2 Å². The fraction of sp³-hybridized carbons (Fsp3) is 0.863. The summed E-state index contributed by atoms with van der Waals surface area (Å²) in [6.45, 7) is 6.58. The molecule has 6 nitrogen and oxygen atoms in total. The molecule has 1 atom stereocenters. The first-order chi connectivity index (χ1) is 28.0. The van der Waals surface area contributed by atoms with Crippen LogP contribution < -0.4 is 0 Å². The van der Waals surface area contributed by atoms with Crippen LogP contribution in [0.4, 0.5) is 0 Å². The van der Waals surface area contributed by atoms with E-state index >= 15 is 0 Å². The van der Waals surface area contributed by atoms with Crippen molar-refractivity contribution in [1.29, 1.82) is 0 Å². The Kier molecular flexibility index (Phi) is 44.9. The summed E-state index contributed by atoms with van der Waals surface area (Å²) in [5.41, 5.74) is 0. The standard InChI is InChI=1S/C51H94O6/c1-4-7-10-13-16-19-21-22-23-24-25-26-27-28-30-32-35-38-41-44-50(53)56-47-48(46-55-49(52)43-40-37-34-31-18-15-12-9-6-3)57-51(54)45-42-39-36-33-29-20-17-14-11-8-5-2/h14,17,22-23,48H,4-13,15-16,18-21,24-47H2,1-3H3/b17-14-,23-22-. The van der Waals surface area contributed by atoms with Crippen LogP contribution >= 0.6 is 0 Å². The topological polar surface area (TPSA) is 78.9 Å². The minimum absolute atomic E-state index is 0.0724. The van der Waals surface area contributed by atoms with Crippen LogP contribution in [-0.2, 0) is 28.6 Å². The molecule has 334 valence electrons. The average Bonchev–Trinajstić information content (AvgIpc) is 3.21. The number of carbonyl (C=O) groups excluding carboxylic acids is 3. The molecular weight excluding hydrogens is 709 g/mol. The Morgan fingerprint density at radius 3 is 0.930 bits per heavy atom. The van der Waals surface area contributed by atoms with E-state index in [9.17, 15) is 14.4 Å². The zero-order valence-electron chi connectivity index (χ0n) is 38.1. The molecule has 0 radical (unpaired) electrons. The maximum Gasteiger partial charge on any atom is 0.306 e. The van der Waals surface area contributed by atoms with E-state index in [2.05, 4.69) is 45.1 Å². The monoisotopic (exact) mass is 803 g/mol. The van der Waals surface area contributed by atoms with Crippen molar-refractivity contribution in [3.8, 4) is 0 Å². The molecule has 0 N–H and O–H groups in total. The maximum absolute atomic E-state index is 12.7. The lowest BCUT2D eigenvalue weighted by molar-refractivity contribution is -0.167. The highest BCUT2D eigenvalue weighted by Gasteiger charge is 2.19. The minimum Gasteiger partial charge on any atom is -0.462 e. The Bertz CT molecular complexity index is 927. The highest BCUT2D eigenvalue weighted by molar-refractivity contribution is 5.71. The number of unbranched alkanes of at least 4 members (excludes halogenated alkanes) is 30. The molecule has 0 heterocycles. The van der Waals surface area contributed by atoms with Crippen molar-refractivity contribution < 1.29 is 28.6 Å². The van der Waals surface area contributed by atoms with Gasteiger partial charge in [0.25, 0.3) is 0 Å². The Labute approximate surface area is 353 Å². The van der Waals surface area contributed by atoms with Crippen LogP contribution in [-0.4, -0.2) is 37.2 Å². The summed E-state index contributed by atoms with van der Waals surface area (Å²) < 4.78 is 16.7. The van der Waals surface area contributed by atoms with Crippen LogP contribution in [0.2, 0.25) is 0 Å². The lowest BCUT2D eigenvalue weighted by Crippen LogP contribution is -2.30. The molecule has 0 amide bonds. The van der Waals surface area contributed by atoms with E-state index in [0.717, 1.165) is 64.2 Å². The summed E-state index contributed by atoms with van der Waals surface area (Å²) in [6, 6.07) is 0. The van der Waals surface area contributed by atoms with Gasteiger partial charge in [-0.1, -0.05) is 206 Å². The normalized spacial score (nSPS) is 12.1. The van der Waals surface area contributed by atoms with Gasteiger partial charge in [0.2, 0.25) is 0 Å². The van der Waals surface area contributed by atoms with Gasteiger partial charge in [-0.05, 0) is 64.2 Å². The lowest BCUT2D eigenvalue weighted by Gasteiger charge is -2.18. The second kappa shape index (κ2) is 46.6. The first-order valence-corrected chi connectivity index (χ1v) is 24.8. The van der Waals surface area contributed by atoms with Crippen molar-refractivity contribution in [3.05, 3.63) is 24.3 Å². The predicted octanol–water partition coefficient (Wildman–Crippen LogP) is 16.0. The Hall–Kier alpha value is -2.11. The van der Waals surface area contributed by atoms with Gasteiger partial charge in [-0.15, -0.1) is 0 Å². The zero-order chi connectivity index (χ0) is 41.5. The van der Waals surface area contributed by atoms with Gasteiger partial charge in [-0.3, -0.25) is 14.4 Å². The second-order valence-electron chi connectivity index (χ2n) is 16.7. The molecule has 6 heteroatoms. The third-order valence-corrected chi connectivity index (χ3v) is 10.9. The molecule has 0 aromatic rings. The summed E-state index contributed by atoms with van der Waals surface area (Å²) in [5.74, 6) is -0.879. The van der Waals surface area contributed by atoms with Crippen molar-refractivity contribution >= 4 is 17.9 Å². The zero-order valence-corrected chi connectivity index (χ0v) is 38.1. The number of esters is 3. The summed E-state index contributed by atoms with van der Waals surface area (Å²) >= 11 is 0. The number of hydrogen-bond acceptors (Lipinski definition) is 6. The van der Waals surface area contributed by atoms with Gasteiger partial charge in [-0.25, -0.2) is 0 Å². The van der Waals surface area contributed by atoms with E-state index in [1.807, 2.05) is 0 Å². The van der Waals surface area contributed by atoms with E-state index < -0.39 is 6.10 Å². The molecule has 0 rings (SSSR count). The highest BCUT2D eigenvalue weighted by atomic mass is 16.6. The first kappa shape index (κ1) is 54.9. The van der Waals surface area contributed by atoms with E-state index in [1.165, 1.54) is 161 Å². The van der Waals surface area contributed by atoms with Crippen molar-refractivity contribution in [3.63, 3.8) is 0 Å². The average molecular weight is 803 g/mol. The number of allylic oxidation sites excluding steroid dienone is 4. The smallest absolute Gasteiger partial charge is 0.306 e. The molecule has 0 aliphatic carbocycles.